The van der Waals surface area contributed by atoms with Crippen molar-refractivity contribution in [2.24, 2.45) is 5.92 Å². The largest absolute Gasteiger partial charge is 0.382 e. The topological polar surface area (TPSA) is 55.6 Å². The van der Waals surface area contributed by atoms with Gasteiger partial charge in [0.2, 0.25) is 0 Å². The van der Waals surface area contributed by atoms with Crippen LogP contribution in [0.15, 0.2) is 24.5 Å². The van der Waals surface area contributed by atoms with E-state index < -0.39 is 0 Å². The lowest BCUT2D eigenvalue weighted by molar-refractivity contribution is 0.361. The first-order valence-corrected chi connectivity index (χ1v) is 7.33. The Morgan fingerprint density at radius 2 is 2.00 bits per heavy atom. The van der Waals surface area contributed by atoms with Gasteiger partial charge in [0, 0.05) is 11.7 Å². The Labute approximate surface area is 119 Å². The molecule has 0 amide bonds. The average molecular weight is 271 g/mol. The predicted molar refractivity (Wildman–Crippen MR) is 78.9 cm³/mol. The second kappa shape index (κ2) is 5.61. The standard InChI is InChI=1S/C15H21N5/c1-11-3-6-13(7-4-11)17-15-9-14(8-5-12(15)2)20-10-16-18-19-20/h5,8-11,13,17H,3-4,6-7H2,1-2H3. The lowest BCUT2D eigenvalue weighted by atomic mass is 9.87. The Balaban J connectivity index is 1.77. The molecule has 0 spiro atoms. The molecule has 1 heterocycles. The maximum atomic E-state index is 3.94. The van der Waals surface area contributed by atoms with Crippen LogP contribution in [-0.2, 0) is 0 Å². The van der Waals surface area contributed by atoms with Gasteiger partial charge in [0.05, 0.1) is 5.69 Å². The highest BCUT2D eigenvalue weighted by molar-refractivity contribution is 5.57. The van der Waals surface area contributed by atoms with Gasteiger partial charge in [-0.05, 0) is 66.6 Å². The van der Waals surface area contributed by atoms with Crippen molar-refractivity contribution >= 4 is 5.69 Å². The number of aromatic nitrogens is 4. The number of hydrogen-bond donors (Lipinski definition) is 1. The highest BCUT2D eigenvalue weighted by Gasteiger charge is 2.18. The lowest BCUT2D eigenvalue weighted by Gasteiger charge is -2.28. The van der Waals surface area contributed by atoms with Crippen LogP contribution in [0.5, 0.6) is 0 Å². The number of anilines is 1. The smallest absolute Gasteiger partial charge is 0.143 e. The molecule has 1 aliphatic carbocycles. The zero-order valence-electron chi connectivity index (χ0n) is 12.1. The van der Waals surface area contributed by atoms with E-state index in [0.29, 0.717) is 6.04 Å². The van der Waals surface area contributed by atoms with Crippen LogP contribution in [0.2, 0.25) is 0 Å². The Morgan fingerprint density at radius 3 is 2.70 bits per heavy atom. The number of tetrazole rings is 1. The van der Waals surface area contributed by atoms with Crippen molar-refractivity contribution in [1.82, 2.24) is 20.2 Å². The molecule has 2 aromatic rings. The van der Waals surface area contributed by atoms with Crippen molar-refractivity contribution in [3.05, 3.63) is 30.1 Å². The summed E-state index contributed by atoms with van der Waals surface area (Å²) in [4.78, 5) is 0. The molecule has 0 aliphatic heterocycles. The molecule has 3 rings (SSSR count). The summed E-state index contributed by atoms with van der Waals surface area (Å²) in [5, 5.41) is 15.0. The Kier molecular flexibility index (Phi) is 3.67. The average Bonchev–Trinajstić information content (AvgIpc) is 2.98. The molecule has 0 atom stereocenters. The van der Waals surface area contributed by atoms with Crippen molar-refractivity contribution in [3.8, 4) is 5.69 Å². The minimum Gasteiger partial charge on any atom is -0.382 e. The molecule has 5 nitrogen and oxygen atoms in total. The lowest BCUT2D eigenvalue weighted by Crippen LogP contribution is -2.25. The van der Waals surface area contributed by atoms with Crippen LogP contribution in [-0.4, -0.2) is 26.2 Å². The zero-order chi connectivity index (χ0) is 13.9. The Bertz CT molecular complexity index is 556. The summed E-state index contributed by atoms with van der Waals surface area (Å²) in [5.41, 5.74) is 3.45. The molecular formula is C15H21N5. The number of hydrogen-bond acceptors (Lipinski definition) is 4. The fraction of sp³-hybridized carbons (Fsp3) is 0.533. The van der Waals surface area contributed by atoms with E-state index in [0.717, 1.165) is 11.6 Å². The normalized spacial score (nSPS) is 22.7. The maximum absolute atomic E-state index is 3.94. The van der Waals surface area contributed by atoms with Gasteiger partial charge in [0.25, 0.3) is 0 Å². The highest BCUT2D eigenvalue weighted by Crippen LogP contribution is 2.28. The van der Waals surface area contributed by atoms with E-state index in [4.69, 9.17) is 0 Å². The van der Waals surface area contributed by atoms with Gasteiger partial charge in [0.1, 0.15) is 6.33 Å². The summed E-state index contributed by atoms with van der Waals surface area (Å²) >= 11 is 0. The molecule has 0 unspecified atom stereocenters. The summed E-state index contributed by atoms with van der Waals surface area (Å²) in [5.74, 6) is 0.877. The fourth-order valence-corrected chi connectivity index (χ4v) is 2.81. The summed E-state index contributed by atoms with van der Waals surface area (Å²) in [7, 11) is 0. The van der Waals surface area contributed by atoms with Crippen molar-refractivity contribution in [2.45, 2.75) is 45.6 Å². The van der Waals surface area contributed by atoms with E-state index in [1.807, 2.05) is 6.07 Å². The van der Waals surface area contributed by atoms with Crippen LogP contribution >= 0.6 is 0 Å². The maximum Gasteiger partial charge on any atom is 0.143 e. The van der Waals surface area contributed by atoms with Gasteiger partial charge in [-0.1, -0.05) is 13.0 Å². The van der Waals surface area contributed by atoms with Crippen LogP contribution in [0.4, 0.5) is 5.69 Å². The van der Waals surface area contributed by atoms with Gasteiger partial charge < -0.3 is 5.32 Å². The van der Waals surface area contributed by atoms with E-state index in [9.17, 15) is 0 Å². The summed E-state index contributed by atoms with van der Waals surface area (Å²) in [6, 6.07) is 6.88. The van der Waals surface area contributed by atoms with Crippen LogP contribution in [0.3, 0.4) is 0 Å². The molecule has 0 saturated heterocycles. The van der Waals surface area contributed by atoms with Crippen LogP contribution in [0, 0.1) is 12.8 Å². The number of rotatable bonds is 3. The molecule has 1 aliphatic rings. The second-order valence-electron chi connectivity index (χ2n) is 5.85. The number of aryl methyl sites for hydroxylation is 1. The SMILES string of the molecule is Cc1ccc(-n2cnnn2)cc1NC1CCC(C)CC1. The molecular weight excluding hydrogens is 250 g/mol. The third-order valence-electron chi connectivity index (χ3n) is 4.21. The molecule has 0 bridgehead atoms. The molecule has 1 saturated carbocycles. The van der Waals surface area contributed by atoms with E-state index >= 15 is 0 Å². The molecule has 1 fully saturated rings. The third-order valence-corrected chi connectivity index (χ3v) is 4.21. The Hall–Kier alpha value is -1.91. The van der Waals surface area contributed by atoms with Crippen LogP contribution in [0.25, 0.3) is 5.69 Å². The van der Waals surface area contributed by atoms with Crippen molar-refractivity contribution in [3.63, 3.8) is 0 Å². The van der Waals surface area contributed by atoms with Gasteiger partial charge in [-0.3, -0.25) is 0 Å². The Morgan fingerprint density at radius 1 is 1.20 bits per heavy atom. The molecule has 20 heavy (non-hydrogen) atoms. The van der Waals surface area contributed by atoms with Gasteiger partial charge in [0.15, 0.2) is 0 Å². The minimum absolute atomic E-state index is 0.592. The first-order valence-electron chi connectivity index (χ1n) is 7.33. The second-order valence-corrected chi connectivity index (χ2v) is 5.85. The number of benzene rings is 1. The van der Waals surface area contributed by atoms with Crippen LogP contribution in [0.1, 0.15) is 38.2 Å². The first kappa shape index (κ1) is 13.1. The van der Waals surface area contributed by atoms with Crippen molar-refractivity contribution in [2.75, 3.05) is 5.32 Å². The summed E-state index contributed by atoms with van der Waals surface area (Å²) < 4.78 is 1.69. The monoisotopic (exact) mass is 271 g/mol. The molecule has 1 aromatic heterocycles. The molecule has 1 N–H and O–H groups in total. The molecule has 1 aromatic carbocycles. The van der Waals surface area contributed by atoms with Gasteiger partial charge in [-0.15, -0.1) is 5.10 Å². The molecule has 106 valence electrons. The summed E-state index contributed by atoms with van der Waals surface area (Å²) in [6.45, 7) is 4.48. The minimum atomic E-state index is 0.592. The number of nitrogens with one attached hydrogen (secondary N) is 1. The van der Waals surface area contributed by atoms with Gasteiger partial charge in [-0.25, -0.2) is 4.68 Å². The van der Waals surface area contributed by atoms with E-state index in [2.05, 4.69) is 46.8 Å². The predicted octanol–water partition coefficient (Wildman–Crippen LogP) is 2.96. The van der Waals surface area contributed by atoms with Crippen LogP contribution < -0.4 is 5.32 Å². The van der Waals surface area contributed by atoms with Crippen molar-refractivity contribution < 1.29 is 0 Å². The first-order chi connectivity index (χ1) is 9.72. The molecule has 5 heteroatoms. The van der Waals surface area contributed by atoms with E-state index in [1.54, 1.807) is 11.0 Å². The zero-order valence-corrected chi connectivity index (χ0v) is 12.1. The quantitative estimate of drug-likeness (QED) is 0.932. The van der Waals surface area contributed by atoms with Crippen molar-refractivity contribution in [1.29, 1.82) is 0 Å². The third kappa shape index (κ3) is 2.81. The van der Waals surface area contributed by atoms with E-state index in [-0.39, 0.29) is 0 Å². The molecule has 0 radical (unpaired) electrons. The fourth-order valence-electron chi connectivity index (χ4n) is 2.81. The summed E-state index contributed by atoms with van der Waals surface area (Å²) in [6.07, 6.45) is 6.79. The highest BCUT2D eigenvalue weighted by atomic mass is 15.5. The van der Waals surface area contributed by atoms with E-state index in [1.165, 1.54) is 36.9 Å². The number of nitrogens with zero attached hydrogens (tertiary/aromatic N) is 4. The van der Waals surface area contributed by atoms with Gasteiger partial charge in [-0.2, -0.15) is 0 Å². The van der Waals surface area contributed by atoms with Gasteiger partial charge >= 0.3 is 0 Å².